The lowest BCUT2D eigenvalue weighted by Crippen LogP contribution is -1.88. The van der Waals surface area contributed by atoms with Crippen molar-refractivity contribution in [3.8, 4) is 11.1 Å². The van der Waals surface area contributed by atoms with Gasteiger partial charge in [0.2, 0.25) is 0 Å². The van der Waals surface area contributed by atoms with E-state index in [1.807, 2.05) is 0 Å². The van der Waals surface area contributed by atoms with Crippen molar-refractivity contribution in [3.05, 3.63) is 59.7 Å². The molecule has 0 aliphatic rings. The molecule has 0 heterocycles. The van der Waals surface area contributed by atoms with Crippen molar-refractivity contribution in [1.29, 1.82) is 0 Å². The summed E-state index contributed by atoms with van der Waals surface area (Å²) < 4.78 is 0. The van der Waals surface area contributed by atoms with Gasteiger partial charge >= 0.3 is 0 Å². The zero-order valence-corrected chi connectivity index (χ0v) is 11.4. The second kappa shape index (κ2) is 7.39. The molecule has 2 heteroatoms. The maximum Gasteiger partial charge on any atom is 0.120 e. The Labute approximate surface area is 119 Å². The van der Waals surface area contributed by atoms with Gasteiger partial charge in [0.05, 0.1) is 0 Å². The average Bonchev–Trinajstić information content (AvgIpc) is 2.52. The first kappa shape index (κ1) is 14.2. The molecule has 0 aromatic heterocycles. The summed E-state index contributed by atoms with van der Waals surface area (Å²) in [6.07, 6.45) is 4.65. The molecule has 0 amide bonds. The number of hydrogen-bond donors (Lipinski definition) is 0. The van der Waals surface area contributed by atoms with E-state index in [9.17, 15) is 9.59 Å². The third-order valence-electron chi connectivity index (χ3n) is 3.34. The van der Waals surface area contributed by atoms with Crippen molar-refractivity contribution in [3.63, 3.8) is 0 Å². The molecular formula is C18H18O2. The van der Waals surface area contributed by atoms with Crippen LogP contribution in [-0.4, -0.2) is 12.6 Å². The van der Waals surface area contributed by atoms with Gasteiger partial charge < -0.3 is 9.59 Å². The molecule has 2 rings (SSSR count). The van der Waals surface area contributed by atoms with Gasteiger partial charge in [-0.1, -0.05) is 48.5 Å². The van der Waals surface area contributed by atoms with Crippen molar-refractivity contribution < 1.29 is 9.59 Å². The molecule has 2 nitrogen and oxygen atoms in total. The molecule has 0 saturated heterocycles. The molecule has 0 N–H and O–H groups in total. The van der Waals surface area contributed by atoms with E-state index >= 15 is 0 Å². The van der Waals surface area contributed by atoms with Crippen LogP contribution in [0, 0.1) is 0 Å². The standard InChI is InChI=1S/C18H18O2/c19-13-1-3-15-5-9-17(10-6-15)18-11-7-16(8-12-18)4-2-14-20/h5-14H,1-4H2. The maximum atomic E-state index is 10.4. The highest BCUT2D eigenvalue weighted by Gasteiger charge is 1.99. The SMILES string of the molecule is O=CCCc1ccc(-c2ccc(CCC=O)cc2)cc1. The number of benzene rings is 2. The van der Waals surface area contributed by atoms with Crippen molar-refractivity contribution in [2.45, 2.75) is 25.7 Å². The minimum atomic E-state index is 0.574. The van der Waals surface area contributed by atoms with Crippen LogP contribution in [0.5, 0.6) is 0 Å². The van der Waals surface area contributed by atoms with E-state index in [4.69, 9.17) is 0 Å². The number of carbonyl (C=O) groups is 2. The fourth-order valence-electron chi connectivity index (χ4n) is 2.18. The van der Waals surface area contributed by atoms with Crippen LogP contribution in [0.2, 0.25) is 0 Å². The van der Waals surface area contributed by atoms with Gasteiger partial charge in [0.25, 0.3) is 0 Å². The zero-order chi connectivity index (χ0) is 14.2. The summed E-state index contributed by atoms with van der Waals surface area (Å²) >= 11 is 0. The van der Waals surface area contributed by atoms with Crippen LogP contribution in [0.3, 0.4) is 0 Å². The van der Waals surface area contributed by atoms with Crippen LogP contribution in [0.25, 0.3) is 11.1 Å². The van der Waals surface area contributed by atoms with E-state index < -0.39 is 0 Å². The highest BCUT2D eigenvalue weighted by atomic mass is 16.1. The van der Waals surface area contributed by atoms with Gasteiger partial charge in [-0.2, -0.15) is 0 Å². The van der Waals surface area contributed by atoms with E-state index in [1.165, 1.54) is 22.3 Å². The van der Waals surface area contributed by atoms with Gasteiger partial charge in [0.15, 0.2) is 0 Å². The van der Waals surface area contributed by atoms with Crippen LogP contribution in [0.4, 0.5) is 0 Å². The van der Waals surface area contributed by atoms with Crippen molar-refractivity contribution >= 4 is 12.6 Å². The lowest BCUT2D eigenvalue weighted by Gasteiger charge is -2.05. The third-order valence-corrected chi connectivity index (χ3v) is 3.34. The Balaban J connectivity index is 2.06. The second-order valence-electron chi connectivity index (χ2n) is 4.80. The van der Waals surface area contributed by atoms with Crippen molar-refractivity contribution in [1.82, 2.24) is 0 Å². The summed E-state index contributed by atoms with van der Waals surface area (Å²) in [5.74, 6) is 0. The van der Waals surface area contributed by atoms with Gasteiger partial charge in [-0.25, -0.2) is 0 Å². The minimum absolute atomic E-state index is 0.574. The highest BCUT2D eigenvalue weighted by molar-refractivity contribution is 5.64. The number of rotatable bonds is 7. The smallest absolute Gasteiger partial charge is 0.120 e. The van der Waals surface area contributed by atoms with Crippen LogP contribution >= 0.6 is 0 Å². The molecule has 0 saturated carbocycles. The molecular weight excluding hydrogens is 248 g/mol. The zero-order valence-electron chi connectivity index (χ0n) is 11.4. The minimum Gasteiger partial charge on any atom is -0.303 e. The summed E-state index contributed by atoms with van der Waals surface area (Å²) in [6.45, 7) is 0. The summed E-state index contributed by atoms with van der Waals surface area (Å²) in [5, 5.41) is 0. The van der Waals surface area contributed by atoms with Gasteiger partial charge in [-0.3, -0.25) is 0 Å². The Hall–Kier alpha value is -2.22. The molecule has 0 aliphatic carbocycles. The predicted molar refractivity (Wildman–Crippen MR) is 80.6 cm³/mol. The fourth-order valence-corrected chi connectivity index (χ4v) is 2.18. The Morgan fingerprint density at radius 3 is 1.25 bits per heavy atom. The molecule has 0 unspecified atom stereocenters. The van der Waals surface area contributed by atoms with E-state index in [0.29, 0.717) is 12.8 Å². The van der Waals surface area contributed by atoms with E-state index in [2.05, 4.69) is 48.5 Å². The number of carbonyl (C=O) groups excluding carboxylic acids is 2. The first-order valence-corrected chi connectivity index (χ1v) is 6.89. The Bertz CT molecular complexity index is 499. The Kier molecular flexibility index (Phi) is 5.24. The first-order valence-electron chi connectivity index (χ1n) is 6.89. The average molecular weight is 266 g/mol. The summed E-state index contributed by atoms with van der Waals surface area (Å²) in [6, 6.07) is 16.6. The molecule has 0 spiro atoms. The van der Waals surface area contributed by atoms with Gasteiger partial charge in [0.1, 0.15) is 12.6 Å². The lowest BCUT2D eigenvalue weighted by molar-refractivity contribution is -0.108. The molecule has 2 aromatic rings. The van der Waals surface area contributed by atoms with Gasteiger partial charge in [0, 0.05) is 12.8 Å². The predicted octanol–water partition coefficient (Wildman–Crippen LogP) is 3.62. The monoisotopic (exact) mass is 266 g/mol. The van der Waals surface area contributed by atoms with Gasteiger partial charge in [-0.15, -0.1) is 0 Å². The fraction of sp³-hybridized carbons (Fsp3) is 0.222. The largest absolute Gasteiger partial charge is 0.303 e. The van der Waals surface area contributed by atoms with Crippen LogP contribution in [0.15, 0.2) is 48.5 Å². The van der Waals surface area contributed by atoms with Crippen LogP contribution < -0.4 is 0 Å². The molecule has 0 aliphatic heterocycles. The second-order valence-corrected chi connectivity index (χ2v) is 4.80. The Morgan fingerprint density at radius 1 is 0.600 bits per heavy atom. The Morgan fingerprint density at radius 2 is 0.950 bits per heavy atom. The highest BCUT2D eigenvalue weighted by Crippen LogP contribution is 2.21. The molecule has 2 aromatic carbocycles. The van der Waals surface area contributed by atoms with E-state index in [-0.39, 0.29) is 0 Å². The third kappa shape index (κ3) is 3.89. The number of aryl methyl sites for hydroxylation is 2. The molecule has 0 atom stereocenters. The van der Waals surface area contributed by atoms with Crippen molar-refractivity contribution in [2.75, 3.05) is 0 Å². The summed E-state index contributed by atoms with van der Waals surface area (Å²) in [4.78, 5) is 20.7. The summed E-state index contributed by atoms with van der Waals surface area (Å²) in [5.41, 5.74) is 4.70. The number of aldehydes is 2. The van der Waals surface area contributed by atoms with E-state index in [1.54, 1.807) is 0 Å². The molecule has 102 valence electrons. The molecule has 20 heavy (non-hydrogen) atoms. The van der Waals surface area contributed by atoms with Crippen LogP contribution in [0.1, 0.15) is 24.0 Å². The lowest BCUT2D eigenvalue weighted by atomic mass is 10.0. The maximum absolute atomic E-state index is 10.4. The van der Waals surface area contributed by atoms with Gasteiger partial charge in [-0.05, 0) is 35.1 Å². The number of hydrogen-bond acceptors (Lipinski definition) is 2. The van der Waals surface area contributed by atoms with E-state index in [0.717, 1.165) is 25.4 Å². The quantitative estimate of drug-likeness (QED) is 0.717. The molecule has 0 bridgehead atoms. The topological polar surface area (TPSA) is 34.1 Å². The normalized spacial score (nSPS) is 10.2. The molecule has 0 radical (unpaired) electrons. The summed E-state index contributed by atoms with van der Waals surface area (Å²) in [7, 11) is 0. The first-order chi connectivity index (χ1) is 9.83. The van der Waals surface area contributed by atoms with Crippen LogP contribution in [-0.2, 0) is 22.4 Å². The molecule has 0 fully saturated rings. The van der Waals surface area contributed by atoms with Crippen molar-refractivity contribution in [2.24, 2.45) is 0 Å².